The highest BCUT2D eigenvalue weighted by Gasteiger charge is 2.36. The van der Waals surface area contributed by atoms with Gasteiger partial charge in [0, 0.05) is 55.9 Å². The molecule has 1 fully saturated rings. The highest BCUT2D eigenvalue weighted by molar-refractivity contribution is 7.79. The number of nitrogens with one attached hydrogen (secondary N) is 1. The first kappa shape index (κ1) is 28.3. The fraction of sp³-hybridized carbons (Fsp3) is 0.379. The van der Waals surface area contributed by atoms with Gasteiger partial charge in [0.2, 0.25) is 0 Å². The van der Waals surface area contributed by atoms with Gasteiger partial charge in [0.15, 0.2) is 0 Å². The number of amides is 1. The molecule has 7 nitrogen and oxygen atoms in total. The highest BCUT2D eigenvalue weighted by Crippen LogP contribution is 2.38. The van der Waals surface area contributed by atoms with E-state index in [4.69, 9.17) is 0 Å². The predicted molar refractivity (Wildman–Crippen MR) is 145 cm³/mol. The number of piperidine rings is 1. The van der Waals surface area contributed by atoms with Crippen LogP contribution >= 0.6 is 0 Å². The molecule has 1 aromatic heterocycles. The Morgan fingerprint density at radius 1 is 1.10 bits per heavy atom. The van der Waals surface area contributed by atoms with Crippen LogP contribution in [0.2, 0.25) is 0 Å². The smallest absolute Gasteiger partial charge is 0.416 e. The van der Waals surface area contributed by atoms with E-state index in [1.54, 1.807) is 29.4 Å². The molecule has 11 heteroatoms. The summed E-state index contributed by atoms with van der Waals surface area (Å²) in [5.74, 6) is -0.0841. The minimum Gasteiger partial charge on any atom is -0.771 e. The van der Waals surface area contributed by atoms with Gasteiger partial charge in [-0.1, -0.05) is 24.3 Å². The summed E-state index contributed by atoms with van der Waals surface area (Å²) < 4.78 is 64.8. The van der Waals surface area contributed by atoms with Crippen molar-refractivity contribution in [3.05, 3.63) is 94.8 Å². The lowest BCUT2D eigenvalue weighted by Gasteiger charge is -2.38. The minimum absolute atomic E-state index is 0.0841. The van der Waals surface area contributed by atoms with Gasteiger partial charge in [-0.25, -0.2) is 0 Å². The van der Waals surface area contributed by atoms with Crippen LogP contribution in [-0.4, -0.2) is 50.7 Å². The lowest BCUT2D eigenvalue weighted by atomic mass is 10.00. The normalized spacial score (nSPS) is 19.2. The molecule has 3 atom stereocenters. The van der Waals surface area contributed by atoms with Crippen molar-refractivity contribution in [3.63, 3.8) is 0 Å². The van der Waals surface area contributed by atoms with Crippen molar-refractivity contribution in [2.75, 3.05) is 25.0 Å². The lowest BCUT2D eigenvalue weighted by Crippen LogP contribution is -2.45. The van der Waals surface area contributed by atoms with E-state index < -0.39 is 34.2 Å². The van der Waals surface area contributed by atoms with Gasteiger partial charge in [0.05, 0.1) is 10.9 Å². The number of hydrogen-bond acceptors (Lipinski definition) is 6. The molecule has 3 aromatic rings. The van der Waals surface area contributed by atoms with Gasteiger partial charge in [-0.3, -0.25) is 19.3 Å². The van der Waals surface area contributed by atoms with Gasteiger partial charge in [0.25, 0.3) is 5.91 Å². The number of anilines is 1. The second-order valence-electron chi connectivity index (χ2n) is 10.2. The number of halogens is 3. The van der Waals surface area contributed by atoms with E-state index >= 15 is 0 Å². The van der Waals surface area contributed by atoms with Gasteiger partial charge in [-0.05, 0) is 83.8 Å². The number of alkyl halides is 3. The SMILES string of the molecule is CN(C(=O)c1ccc2c(c1)CCC2NC(c1ccccc1C(F)(F)F)S(=O)[O-])C1CCN(c2ccncc2)CC1. The summed E-state index contributed by atoms with van der Waals surface area (Å²) in [5.41, 5.74) is 2.04. The molecule has 1 N–H and O–H groups in total. The Morgan fingerprint density at radius 2 is 1.80 bits per heavy atom. The van der Waals surface area contributed by atoms with Crippen molar-refractivity contribution in [2.24, 2.45) is 0 Å². The Hall–Kier alpha value is -3.28. The number of aryl methyl sites for hydroxylation is 1. The average molecular weight is 572 g/mol. The fourth-order valence-electron chi connectivity index (χ4n) is 5.77. The van der Waals surface area contributed by atoms with Crippen LogP contribution in [0, 0.1) is 0 Å². The van der Waals surface area contributed by atoms with Crippen LogP contribution in [0.15, 0.2) is 67.0 Å². The van der Waals surface area contributed by atoms with E-state index in [0.29, 0.717) is 18.4 Å². The predicted octanol–water partition coefficient (Wildman–Crippen LogP) is 5.00. The molecule has 3 unspecified atom stereocenters. The second kappa shape index (κ2) is 11.7. The summed E-state index contributed by atoms with van der Waals surface area (Å²) in [6, 6.07) is 13.6. The quantitative estimate of drug-likeness (QED) is 0.402. The topological polar surface area (TPSA) is 88.6 Å². The second-order valence-corrected chi connectivity index (χ2v) is 11.2. The molecule has 212 valence electrons. The van der Waals surface area contributed by atoms with Crippen molar-refractivity contribution >= 4 is 22.7 Å². The van der Waals surface area contributed by atoms with Gasteiger partial charge in [-0.15, -0.1) is 0 Å². The third-order valence-electron chi connectivity index (χ3n) is 7.92. The molecule has 2 heterocycles. The molecular weight excluding hydrogens is 541 g/mol. The van der Waals surface area contributed by atoms with Gasteiger partial charge >= 0.3 is 6.18 Å². The zero-order chi connectivity index (χ0) is 28.4. The molecule has 2 aliphatic rings. The molecular formula is C29H30F3N4O3S-. The Kier molecular flexibility index (Phi) is 8.25. The summed E-state index contributed by atoms with van der Waals surface area (Å²) in [6.07, 6.45) is 1.64. The van der Waals surface area contributed by atoms with Crippen LogP contribution < -0.4 is 10.2 Å². The minimum atomic E-state index is -4.68. The average Bonchev–Trinajstić information content (AvgIpc) is 3.37. The zero-order valence-electron chi connectivity index (χ0n) is 21.9. The Bertz CT molecular complexity index is 1380. The molecule has 5 rings (SSSR count). The molecule has 0 bridgehead atoms. The number of aromatic nitrogens is 1. The maximum absolute atomic E-state index is 13.6. The van der Waals surface area contributed by atoms with Crippen molar-refractivity contribution in [2.45, 2.75) is 49.3 Å². The zero-order valence-corrected chi connectivity index (χ0v) is 22.8. The molecule has 1 aliphatic carbocycles. The lowest BCUT2D eigenvalue weighted by molar-refractivity contribution is -0.138. The molecule has 40 heavy (non-hydrogen) atoms. The third kappa shape index (κ3) is 5.91. The van der Waals surface area contributed by atoms with Gasteiger partial charge in [-0.2, -0.15) is 13.2 Å². The number of hydrogen-bond donors (Lipinski definition) is 1. The largest absolute Gasteiger partial charge is 0.771 e. The van der Waals surface area contributed by atoms with E-state index in [1.807, 2.05) is 25.2 Å². The van der Waals surface area contributed by atoms with Gasteiger partial charge < -0.3 is 14.4 Å². The summed E-state index contributed by atoms with van der Waals surface area (Å²) in [4.78, 5) is 21.5. The van der Waals surface area contributed by atoms with Crippen LogP contribution in [0.5, 0.6) is 0 Å². The first-order valence-electron chi connectivity index (χ1n) is 13.2. The number of fused-ring (bicyclic) bond motifs is 1. The molecule has 0 radical (unpaired) electrons. The van der Waals surface area contributed by atoms with Crippen molar-refractivity contribution in [1.29, 1.82) is 0 Å². The Balaban J connectivity index is 1.27. The van der Waals surface area contributed by atoms with Crippen molar-refractivity contribution in [1.82, 2.24) is 15.2 Å². The number of nitrogens with zero attached hydrogens (tertiary/aromatic N) is 3. The fourth-order valence-corrected chi connectivity index (χ4v) is 6.46. The van der Waals surface area contributed by atoms with Crippen molar-refractivity contribution < 1.29 is 26.7 Å². The Labute approximate surface area is 233 Å². The molecule has 2 aromatic carbocycles. The number of benzene rings is 2. The van der Waals surface area contributed by atoms with Crippen LogP contribution in [0.3, 0.4) is 0 Å². The molecule has 1 saturated heterocycles. The monoisotopic (exact) mass is 571 g/mol. The maximum atomic E-state index is 13.6. The summed E-state index contributed by atoms with van der Waals surface area (Å²) in [5, 5.41) is 1.40. The molecule has 0 spiro atoms. The number of carbonyl (C=O) groups excluding carboxylic acids is 1. The van der Waals surface area contributed by atoms with E-state index in [2.05, 4.69) is 15.2 Å². The van der Waals surface area contributed by atoms with Gasteiger partial charge in [0.1, 0.15) is 0 Å². The van der Waals surface area contributed by atoms with Crippen LogP contribution in [-0.2, 0) is 23.7 Å². The summed E-state index contributed by atoms with van der Waals surface area (Å²) in [6.45, 7) is 1.67. The van der Waals surface area contributed by atoms with E-state index in [-0.39, 0.29) is 17.5 Å². The summed E-state index contributed by atoms with van der Waals surface area (Å²) >= 11 is -2.84. The number of pyridine rings is 1. The molecule has 0 saturated carbocycles. The van der Waals surface area contributed by atoms with Crippen LogP contribution in [0.1, 0.15) is 63.3 Å². The Morgan fingerprint density at radius 3 is 2.48 bits per heavy atom. The first-order valence-corrected chi connectivity index (χ1v) is 14.3. The molecule has 1 aliphatic heterocycles. The van der Waals surface area contributed by atoms with Crippen LogP contribution in [0.25, 0.3) is 0 Å². The van der Waals surface area contributed by atoms with E-state index in [9.17, 15) is 26.7 Å². The first-order chi connectivity index (χ1) is 19.1. The maximum Gasteiger partial charge on any atom is 0.416 e. The van der Waals surface area contributed by atoms with E-state index in [0.717, 1.165) is 48.8 Å². The van der Waals surface area contributed by atoms with E-state index in [1.165, 1.54) is 18.2 Å². The number of rotatable bonds is 7. The number of carbonyl (C=O) groups is 1. The third-order valence-corrected chi connectivity index (χ3v) is 8.70. The van der Waals surface area contributed by atoms with Crippen molar-refractivity contribution in [3.8, 4) is 0 Å². The molecule has 1 amide bonds. The van der Waals surface area contributed by atoms with Crippen LogP contribution in [0.4, 0.5) is 18.9 Å². The highest BCUT2D eigenvalue weighted by atomic mass is 32.2. The summed E-state index contributed by atoms with van der Waals surface area (Å²) in [7, 11) is 1.82. The standard InChI is InChI=1S/C29H31F3N4O3S/c1-35(21-12-16-36(17-13-21)22-10-14-33-15-11-22)28(37)20-6-8-23-19(18-20)7-9-26(23)34-27(40(38)39)24-4-2-3-5-25(24)29(30,31)32/h2-6,8,10-11,14-15,18,21,26-27,34H,7,9,12-13,16-17H2,1H3,(H,38,39)/p-1.